The van der Waals surface area contributed by atoms with Crippen LogP contribution < -0.4 is 0 Å². The fourth-order valence-electron chi connectivity index (χ4n) is 2.01. The first kappa shape index (κ1) is 15.7. The summed E-state index contributed by atoms with van der Waals surface area (Å²) >= 11 is 0. The van der Waals surface area contributed by atoms with Crippen molar-refractivity contribution >= 4 is 5.91 Å². The van der Waals surface area contributed by atoms with Crippen LogP contribution in [-0.4, -0.2) is 31.0 Å². The molecule has 0 aromatic heterocycles. The Kier molecular flexibility index (Phi) is 5.70. The summed E-state index contributed by atoms with van der Waals surface area (Å²) in [5.74, 6) is -0.111. The van der Waals surface area contributed by atoms with E-state index in [1.807, 2.05) is 36.4 Å². The Morgan fingerprint density at radius 3 is 2.68 bits per heavy atom. The van der Waals surface area contributed by atoms with Gasteiger partial charge in [-0.15, -0.1) is 0 Å². The van der Waals surface area contributed by atoms with Gasteiger partial charge < -0.3 is 9.64 Å². The Balaban J connectivity index is 1.80. The van der Waals surface area contributed by atoms with Crippen molar-refractivity contribution in [3.05, 3.63) is 71.3 Å². The molecule has 0 fully saturated rings. The predicted octanol–water partition coefficient (Wildman–Crippen LogP) is 2.85. The van der Waals surface area contributed by atoms with Gasteiger partial charge >= 0.3 is 0 Å². The molecular formula is C18H18N2O2. The molecular weight excluding hydrogens is 276 g/mol. The standard InChI is InChI=1S/C18H18N2O2/c1-20(10-11-22-14-15-6-3-2-4-7-15)18(21)17-9-5-8-16(12-17)13-19/h2-9,12H,10-11,14H2,1H3. The molecule has 0 aliphatic carbocycles. The number of likely N-dealkylation sites (N-methyl/N-ethyl adjacent to an activating group) is 1. The van der Waals surface area contributed by atoms with E-state index >= 15 is 0 Å². The van der Waals surface area contributed by atoms with Crippen LogP contribution in [0.5, 0.6) is 0 Å². The number of nitriles is 1. The highest BCUT2D eigenvalue weighted by atomic mass is 16.5. The van der Waals surface area contributed by atoms with Gasteiger partial charge in [-0.05, 0) is 23.8 Å². The molecule has 1 amide bonds. The molecule has 0 radical (unpaired) electrons. The molecule has 0 aliphatic rings. The van der Waals surface area contributed by atoms with Gasteiger partial charge in [-0.1, -0.05) is 36.4 Å². The highest BCUT2D eigenvalue weighted by molar-refractivity contribution is 5.94. The lowest BCUT2D eigenvalue weighted by molar-refractivity contribution is 0.0670. The first-order chi connectivity index (χ1) is 10.7. The summed E-state index contributed by atoms with van der Waals surface area (Å²) < 4.78 is 5.58. The summed E-state index contributed by atoms with van der Waals surface area (Å²) in [6.07, 6.45) is 0. The van der Waals surface area contributed by atoms with E-state index in [0.717, 1.165) is 5.56 Å². The second kappa shape index (κ2) is 7.96. The lowest BCUT2D eigenvalue weighted by Crippen LogP contribution is -2.30. The van der Waals surface area contributed by atoms with Gasteiger partial charge in [-0.25, -0.2) is 0 Å². The third-order valence-corrected chi connectivity index (χ3v) is 3.27. The molecule has 22 heavy (non-hydrogen) atoms. The molecule has 4 nitrogen and oxygen atoms in total. The van der Waals surface area contributed by atoms with Crippen LogP contribution in [0.25, 0.3) is 0 Å². The fraction of sp³-hybridized carbons (Fsp3) is 0.222. The van der Waals surface area contributed by atoms with Crippen LogP contribution in [0.2, 0.25) is 0 Å². The van der Waals surface area contributed by atoms with Crippen molar-refractivity contribution in [3.63, 3.8) is 0 Å². The van der Waals surface area contributed by atoms with Gasteiger partial charge in [0.15, 0.2) is 0 Å². The van der Waals surface area contributed by atoms with E-state index < -0.39 is 0 Å². The van der Waals surface area contributed by atoms with E-state index in [9.17, 15) is 4.79 Å². The molecule has 2 aromatic carbocycles. The molecule has 0 saturated heterocycles. The molecule has 0 spiro atoms. The van der Waals surface area contributed by atoms with Crippen LogP contribution >= 0.6 is 0 Å². The Morgan fingerprint density at radius 2 is 1.95 bits per heavy atom. The number of carbonyl (C=O) groups excluding carboxylic acids is 1. The number of amides is 1. The molecule has 0 aliphatic heterocycles. The van der Waals surface area contributed by atoms with Gasteiger partial charge in [-0.2, -0.15) is 5.26 Å². The van der Waals surface area contributed by atoms with Crippen molar-refractivity contribution in [2.75, 3.05) is 20.2 Å². The maximum atomic E-state index is 12.2. The van der Waals surface area contributed by atoms with Crippen molar-refractivity contribution in [3.8, 4) is 6.07 Å². The van der Waals surface area contributed by atoms with Crippen LogP contribution in [0.3, 0.4) is 0 Å². The van der Waals surface area contributed by atoms with Gasteiger partial charge in [0.25, 0.3) is 5.91 Å². The fourth-order valence-corrected chi connectivity index (χ4v) is 2.01. The highest BCUT2D eigenvalue weighted by Gasteiger charge is 2.11. The van der Waals surface area contributed by atoms with Crippen molar-refractivity contribution in [2.24, 2.45) is 0 Å². The SMILES string of the molecule is CN(CCOCc1ccccc1)C(=O)c1cccc(C#N)c1. The molecule has 0 atom stereocenters. The zero-order valence-corrected chi connectivity index (χ0v) is 12.5. The van der Waals surface area contributed by atoms with Crippen molar-refractivity contribution in [2.45, 2.75) is 6.61 Å². The molecule has 112 valence electrons. The number of nitrogens with zero attached hydrogens (tertiary/aromatic N) is 2. The molecule has 0 saturated carbocycles. The van der Waals surface area contributed by atoms with E-state index in [2.05, 4.69) is 0 Å². The summed E-state index contributed by atoms with van der Waals surface area (Å²) in [6.45, 7) is 1.50. The number of ether oxygens (including phenoxy) is 1. The number of rotatable bonds is 6. The minimum Gasteiger partial charge on any atom is -0.375 e. The van der Waals surface area contributed by atoms with Crippen molar-refractivity contribution in [1.29, 1.82) is 5.26 Å². The number of hydrogen-bond donors (Lipinski definition) is 0. The van der Waals surface area contributed by atoms with E-state index in [4.69, 9.17) is 10.00 Å². The number of hydrogen-bond acceptors (Lipinski definition) is 3. The van der Waals surface area contributed by atoms with Crippen molar-refractivity contribution < 1.29 is 9.53 Å². The molecule has 0 N–H and O–H groups in total. The Bertz CT molecular complexity index is 662. The second-order valence-corrected chi connectivity index (χ2v) is 4.96. The molecule has 2 aromatic rings. The second-order valence-electron chi connectivity index (χ2n) is 4.96. The van der Waals surface area contributed by atoms with E-state index in [1.54, 1.807) is 36.2 Å². The van der Waals surface area contributed by atoms with Gasteiger partial charge in [0.05, 0.1) is 24.8 Å². The normalized spacial score (nSPS) is 10.0. The van der Waals surface area contributed by atoms with Gasteiger partial charge in [0.1, 0.15) is 0 Å². The first-order valence-corrected chi connectivity index (χ1v) is 7.08. The van der Waals surface area contributed by atoms with Gasteiger partial charge in [-0.3, -0.25) is 4.79 Å². The third kappa shape index (κ3) is 4.44. The topological polar surface area (TPSA) is 53.3 Å². The van der Waals surface area contributed by atoms with E-state index in [-0.39, 0.29) is 5.91 Å². The maximum Gasteiger partial charge on any atom is 0.253 e. The quantitative estimate of drug-likeness (QED) is 0.770. The lowest BCUT2D eigenvalue weighted by Gasteiger charge is -2.17. The van der Waals surface area contributed by atoms with E-state index in [1.165, 1.54) is 0 Å². The van der Waals surface area contributed by atoms with Crippen molar-refractivity contribution in [1.82, 2.24) is 4.90 Å². The predicted molar refractivity (Wildman–Crippen MR) is 84.2 cm³/mol. The average molecular weight is 294 g/mol. The van der Waals surface area contributed by atoms with Crippen LogP contribution in [0.15, 0.2) is 54.6 Å². The Morgan fingerprint density at radius 1 is 1.18 bits per heavy atom. The largest absolute Gasteiger partial charge is 0.375 e. The first-order valence-electron chi connectivity index (χ1n) is 7.08. The zero-order valence-electron chi connectivity index (χ0n) is 12.5. The summed E-state index contributed by atoms with van der Waals surface area (Å²) in [5.41, 5.74) is 2.11. The summed E-state index contributed by atoms with van der Waals surface area (Å²) in [4.78, 5) is 13.8. The number of benzene rings is 2. The molecule has 2 rings (SSSR count). The maximum absolute atomic E-state index is 12.2. The van der Waals surface area contributed by atoms with Crippen LogP contribution in [0.1, 0.15) is 21.5 Å². The molecule has 0 heterocycles. The third-order valence-electron chi connectivity index (χ3n) is 3.27. The smallest absolute Gasteiger partial charge is 0.253 e. The summed E-state index contributed by atoms with van der Waals surface area (Å²) in [7, 11) is 1.73. The Hall–Kier alpha value is -2.64. The minimum absolute atomic E-state index is 0.111. The molecule has 0 bridgehead atoms. The van der Waals surface area contributed by atoms with Gasteiger partial charge in [0, 0.05) is 19.2 Å². The zero-order chi connectivity index (χ0) is 15.8. The summed E-state index contributed by atoms with van der Waals surface area (Å²) in [5, 5.41) is 8.87. The Labute approximate surface area is 130 Å². The highest BCUT2D eigenvalue weighted by Crippen LogP contribution is 2.07. The summed E-state index contributed by atoms with van der Waals surface area (Å²) in [6, 6.07) is 18.6. The van der Waals surface area contributed by atoms with Crippen LogP contribution in [-0.2, 0) is 11.3 Å². The number of carbonyl (C=O) groups is 1. The van der Waals surface area contributed by atoms with Crippen LogP contribution in [0.4, 0.5) is 0 Å². The van der Waals surface area contributed by atoms with Crippen LogP contribution in [0, 0.1) is 11.3 Å². The molecule has 0 unspecified atom stereocenters. The molecule has 4 heteroatoms. The monoisotopic (exact) mass is 294 g/mol. The van der Waals surface area contributed by atoms with Gasteiger partial charge in [0.2, 0.25) is 0 Å². The minimum atomic E-state index is -0.111. The lowest BCUT2D eigenvalue weighted by atomic mass is 10.1. The average Bonchev–Trinajstić information content (AvgIpc) is 2.58. The van der Waals surface area contributed by atoms with E-state index in [0.29, 0.717) is 30.9 Å².